The first-order valence-electron chi connectivity index (χ1n) is 12.2. The summed E-state index contributed by atoms with van der Waals surface area (Å²) in [6.45, 7) is 1.63. The zero-order chi connectivity index (χ0) is 27.3. The van der Waals surface area contributed by atoms with Crippen molar-refractivity contribution in [2.75, 3.05) is 13.1 Å². The molecule has 0 aliphatic carbocycles. The van der Waals surface area contributed by atoms with E-state index in [0.29, 0.717) is 27.9 Å². The van der Waals surface area contributed by atoms with Crippen LogP contribution in [0.1, 0.15) is 34.8 Å². The number of carbonyl (C=O) groups is 3. The van der Waals surface area contributed by atoms with Crippen LogP contribution in [0.25, 0.3) is 0 Å². The van der Waals surface area contributed by atoms with E-state index in [1.54, 1.807) is 30.3 Å². The standard InChI is InChI=1S/C28H28ClN3O5S/c1-2-16-30-27(34)24(17-20-8-4-3-5-9-20)31(18-21-12-14-22(29)15-13-21)26(33)19-32-28(35)23-10-6-7-11-25(23)38(32,36)37/h3-15,24H,2,16-19H2,1H3,(H,30,34)/t24-/m1/s1. The van der Waals surface area contributed by atoms with Crippen molar-refractivity contribution in [3.63, 3.8) is 0 Å². The minimum atomic E-state index is -4.20. The van der Waals surface area contributed by atoms with Gasteiger partial charge in [0.2, 0.25) is 11.8 Å². The molecule has 0 spiro atoms. The number of halogens is 1. The third-order valence-electron chi connectivity index (χ3n) is 6.28. The van der Waals surface area contributed by atoms with E-state index in [1.165, 1.54) is 23.1 Å². The summed E-state index contributed by atoms with van der Waals surface area (Å²) in [7, 11) is -4.20. The molecule has 1 atom stereocenters. The van der Waals surface area contributed by atoms with Gasteiger partial charge in [0.25, 0.3) is 15.9 Å². The topological polar surface area (TPSA) is 104 Å². The highest BCUT2D eigenvalue weighted by molar-refractivity contribution is 7.90. The van der Waals surface area contributed by atoms with Crippen molar-refractivity contribution in [1.29, 1.82) is 0 Å². The normalized spacial score (nSPS) is 14.6. The maximum Gasteiger partial charge on any atom is 0.269 e. The van der Waals surface area contributed by atoms with E-state index in [-0.39, 0.29) is 29.3 Å². The van der Waals surface area contributed by atoms with E-state index >= 15 is 0 Å². The number of hydrogen-bond donors (Lipinski definition) is 1. The van der Waals surface area contributed by atoms with Crippen LogP contribution in [0.5, 0.6) is 0 Å². The van der Waals surface area contributed by atoms with Crippen LogP contribution in [0.15, 0.2) is 83.8 Å². The number of benzene rings is 3. The summed E-state index contributed by atoms with van der Waals surface area (Å²) in [4.78, 5) is 41.4. The number of carbonyl (C=O) groups excluding carboxylic acids is 3. The molecule has 198 valence electrons. The Kier molecular flexibility index (Phi) is 8.48. The maximum absolute atomic E-state index is 13.8. The Hall–Kier alpha value is -3.69. The summed E-state index contributed by atoms with van der Waals surface area (Å²) in [5.41, 5.74) is 1.55. The fourth-order valence-electron chi connectivity index (χ4n) is 4.31. The van der Waals surface area contributed by atoms with E-state index in [9.17, 15) is 22.8 Å². The van der Waals surface area contributed by atoms with Gasteiger partial charge in [-0.2, -0.15) is 0 Å². The summed E-state index contributed by atoms with van der Waals surface area (Å²) >= 11 is 6.04. The molecule has 10 heteroatoms. The van der Waals surface area contributed by atoms with Crippen molar-refractivity contribution in [2.45, 2.75) is 37.2 Å². The van der Waals surface area contributed by atoms with Gasteiger partial charge in [0, 0.05) is 24.5 Å². The molecule has 4 rings (SSSR count). The first-order valence-corrected chi connectivity index (χ1v) is 14.1. The molecule has 3 amide bonds. The van der Waals surface area contributed by atoms with Crippen molar-refractivity contribution >= 4 is 39.3 Å². The Balaban J connectivity index is 1.70. The molecule has 0 radical (unpaired) electrons. The minimum Gasteiger partial charge on any atom is -0.354 e. The lowest BCUT2D eigenvalue weighted by atomic mass is 10.0. The summed E-state index contributed by atoms with van der Waals surface area (Å²) in [6, 6.07) is 21.0. The third-order valence-corrected chi connectivity index (χ3v) is 8.32. The summed E-state index contributed by atoms with van der Waals surface area (Å²) in [5, 5.41) is 3.38. The zero-order valence-corrected chi connectivity index (χ0v) is 22.4. The molecule has 0 aromatic heterocycles. The number of rotatable bonds is 10. The first-order chi connectivity index (χ1) is 18.2. The summed E-state index contributed by atoms with van der Waals surface area (Å²) in [5.74, 6) is -1.80. The van der Waals surface area contributed by atoms with E-state index < -0.39 is 34.4 Å². The van der Waals surface area contributed by atoms with Gasteiger partial charge in [-0.3, -0.25) is 14.4 Å². The molecular formula is C28H28ClN3O5S. The van der Waals surface area contributed by atoms with Crippen LogP contribution in [0.2, 0.25) is 5.02 Å². The number of nitrogens with one attached hydrogen (secondary N) is 1. The van der Waals surface area contributed by atoms with E-state index in [2.05, 4.69) is 5.32 Å². The molecular weight excluding hydrogens is 526 g/mol. The third kappa shape index (κ3) is 5.89. The zero-order valence-electron chi connectivity index (χ0n) is 20.8. The minimum absolute atomic E-state index is 0.0159. The Morgan fingerprint density at radius 3 is 2.26 bits per heavy atom. The molecule has 0 unspecified atom stereocenters. The van der Waals surface area contributed by atoms with Crippen molar-refractivity contribution in [1.82, 2.24) is 14.5 Å². The molecule has 8 nitrogen and oxygen atoms in total. The highest BCUT2D eigenvalue weighted by Crippen LogP contribution is 2.30. The SMILES string of the molecule is CCCNC(=O)[C@@H](Cc1ccccc1)N(Cc1ccc(Cl)cc1)C(=O)CN1C(=O)c2ccccc2S1(=O)=O. The molecule has 3 aromatic rings. The van der Waals surface area contributed by atoms with E-state index in [0.717, 1.165) is 5.56 Å². The van der Waals surface area contributed by atoms with Gasteiger partial charge < -0.3 is 10.2 Å². The van der Waals surface area contributed by atoms with Gasteiger partial charge in [0.15, 0.2) is 0 Å². The smallest absolute Gasteiger partial charge is 0.269 e. The van der Waals surface area contributed by atoms with Gasteiger partial charge in [-0.1, -0.05) is 73.1 Å². The Morgan fingerprint density at radius 1 is 0.947 bits per heavy atom. The molecule has 1 aliphatic rings. The van der Waals surface area contributed by atoms with Crippen molar-refractivity contribution in [2.24, 2.45) is 0 Å². The van der Waals surface area contributed by atoms with Crippen molar-refractivity contribution < 1.29 is 22.8 Å². The van der Waals surface area contributed by atoms with Crippen LogP contribution >= 0.6 is 11.6 Å². The van der Waals surface area contributed by atoms with Gasteiger partial charge in [0.05, 0.1) is 5.56 Å². The molecule has 0 saturated heterocycles. The van der Waals surface area contributed by atoms with Crippen molar-refractivity contribution in [3.05, 3.63) is 101 Å². The molecule has 0 fully saturated rings. The lowest BCUT2D eigenvalue weighted by Crippen LogP contribution is -2.53. The van der Waals surface area contributed by atoms with Crippen LogP contribution in [-0.4, -0.2) is 54.5 Å². The van der Waals surface area contributed by atoms with Crippen molar-refractivity contribution in [3.8, 4) is 0 Å². The predicted octanol–water partition coefficient (Wildman–Crippen LogP) is 3.65. The van der Waals surface area contributed by atoms with Crippen LogP contribution in [-0.2, 0) is 32.6 Å². The highest BCUT2D eigenvalue weighted by Gasteiger charge is 2.43. The second kappa shape index (κ2) is 11.8. The van der Waals surface area contributed by atoms with Gasteiger partial charge in [-0.25, -0.2) is 12.7 Å². The summed E-state index contributed by atoms with van der Waals surface area (Å²) in [6.07, 6.45) is 0.907. The molecule has 3 aromatic carbocycles. The first kappa shape index (κ1) is 27.3. The molecule has 0 bridgehead atoms. The number of nitrogens with zero attached hydrogens (tertiary/aromatic N) is 2. The second-order valence-corrected chi connectivity index (χ2v) is 11.2. The van der Waals surface area contributed by atoms with Gasteiger partial charge in [-0.05, 0) is 41.8 Å². The fraction of sp³-hybridized carbons (Fsp3) is 0.250. The predicted molar refractivity (Wildman–Crippen MR) is 144 cm³/mol. The molecule has 1 N–H and O–H groups in total. The molecule has 38 heavy (non-hydrogen) atoms. The van der Waals surface area contributed by atoms with E-state index in [4.69, 9.17) is 11.6 Å². The largest absolute Gasteiger partial charge is 0.354 e. The van der Waals surface area contributed by atoms with Gasteiger partial charge >= 0.3 is 0 Å². The second-order valence-electron chi connectivity index (χ2n) is 8.96. The van der Waals surface area contributed by atoms with Gasteiger partial charge in [-0.15, -0.1) is 0 Å². The fourth-order valence-corrected chi connectivity index (χ4v) is 5.95. The van der Waals surface area contributed by atoms with Crippen LogP contribution < -0.4 is 5.32 Å². The lowest BCUT2D eigenvalue weighted by Gasteiger charge is -2.32. The van der Waals surface area contributed by atoms with Gasteiger partial charge in [0.1, 0.15) is 17.5 Å². The molecule has 1 heterocycles. The Bertz CT molecular complexity index is 1430. The van der Waals surface area contributed by atoms with Crippen LogP contribution in [0.4, 0.5) is 0 Å². The van der Waals surface area contributed by atoms with E-state index in [1.807, 2.05) is 37.3 Å². The highest BCUT2D eigenvalue weighted by atomic mass is 35.5. The quantitative estimate of drug-likeness (QED) is 0.413. The number of sulfonamides is 1. The molecule has 1 aliphatic heterocycles. The number of amides is 3. The average Bonchev–Trinajstić information content (AvgIpc) is 3.11. The Morgan fingerprint density at radius 2 is 1.61 bits per heavy atom. The molecule has 0 saturated carbocycles. The van der Waals surface area contributed by atoms with Crippen LogP contribution in [0.3, 0.4) is 0 Å². The lowest BCUT2D eigenvalue weighted by molar-refractivity contribution is -0.141. The average molecular weight is 554 g/mol. The van der Waals surface area contributed by atoms with Crippen LogP contribution in [0, 0.1) is 0 Å². The monoisotopic (exact) mass is 553 g/mol. The summed E-state index contributed by atoms with van der Waals surface area (Å²) < 4.78 is 26.8. The Labute approximate surface area is 227 Å². The maximum atomic E-state index is 13.8. The number of hydrogen-bond acceptors (Lipinski definition) is 5. The number of fused-ring (bicyclic) bond motifs is 1.